The summed E-state index contributed by atoms with van der Waals surface area (Å²) in [6.45, 7) is 0.608. The number of hydrogen-bond donors (Lipinski definition) is 2. The third-order valence-electron chi connectivity index (χ3n) is 2.85. The molecule has 2 unspecified atom stereocenters. The zero-order valence-corrected chi connectivity index (χ0v) is 10.00. The standard InChI is InChI=1S/C11H11BrFNO2/c12-6-1-2-7(9(13)5-6)8-3-4-14-10(8)11(15)16/h1-2,5,8,10,14H,3-4H2,(H,15,16). The minimum absolute atomic E-state index is 0.286. The van der Waals surface area contributed by atoms with E-state index in [1.807, 2.05) is 0 Å². The van der Waals surface area contributed by atoms with Gasteiger partial charge >= 0.3 is 5.97 Å². The van der Waals surface area contributed by atoms with Gasteiger partial charge in [-0.15, -0.1) is 0 Å². The van der Waals surface area contributed by atoms with E-state index >= 15 is 0 Å². The summed E-state index contributed by atoms with van der Waals surface area (Å²) in [6, 6.07) is 4.06. The molecule has 16 heavy (non-hydrogen) atoms. The molecule has 0 saturated carbocycles. The summed E-state index contributed by atoms with van der Waals surface area (Å²) in [4.78, 5) is 11.0. The molecular weight excluding hydrogens is 277 g/mol. The van der Waals surface area contributed by atoms with Crippen molar-refractivity contribution in [1.29, 1.82) is 0 Å². The van der Waals surface area contributed by atoms with Crippen LogP contribution in [0.2, 0.25) is 0 Å². The van der Waals surface area contributed by atoms with E-state index < -0.39 is 12.0 Å². The summed E-state index contributed by atoms with van der Waals surface area (Å²) >= 11 is 3.18. The molecular formula is C11H11BrFNO2. The highest BCUT2D eigenvalue weighted by molar-refractivity contribution is 9.10. The van der Waals surface area contributed by atoms with Gasteiger partial charge in [0.15, 0.2) is 0 Å². The molecule has 5 heteroatoms. The van der Waals surface area contributed by atoms with Crippen molar-refractivity contribution >= 4 is 21.9 Å². The number of benzene rings is 1. The Morgan fingerprint density at radius 2 is 2.31 bits per heavy atom. The second-order valence-corrected chi connectivity index (χ2v) is 4.75. The van der Waals surface area contributed by atoms with Crippen molar-refractivity contribution in [1.82, 2.24) is 5.32 Å². The lowest BCUT2D eigenvalue weighted by atomic mass is 9.91. The molecule has 2 N–H and O–H groups in total. The lowest BCUT2D eigenvalue weighted by molar-refractivity contribution is -0.139. The zero-order valence-electron chi connectivity index (χ0n) is 8.41. The Balaban J connectivity index is 2.32. The van der Waals surface area contributed by atoms with Crippen molar-refractivity contribution in [3.05, 3.63) is 34.1 Å². The Hall–Kier alpha value is -0.940. The molecule has 3 nitrogen and oxygen atoms in total. The number of carboxylic acid groups (broad SMARTS) is 1. The third kappa shape index (κ3) is 2.10. The summed E-state index contributed by atoms with van der Waals surface area (Å²) < 4.78 is 14.3. The summed E-state index contributed by atoms with van der Waals surface area (Å²) in [6.07, 6.45) is 0.648. The third-order valence-corrected chi connectivity index (χ3v) is 3.34. The van der Waals surface area contributed by atoms with Crippen LogP contribution in [-0.2, 0) is 4.79 Å². The van der Waals surface area contributed by atoms with Gasteiger partial charge < -0.3 is 10.4 Å². The maximum atomic E-state index is 13.7. The second-order valence-electron chi connectivity index (χ2n) is 3.83. The molecule has 1 aliphatic rings. The van der Waals surface area contributed by atoms with Gasteiger partial charge in [0.1, 0.15) is 11.9 Å². The van der Waals surface area contributed by atoms with E-state index in [1.54, 1.807) is 12.1 Å². The Bertz CT molecular complexity index is 424. The average molecular weight is 288 g/mol. The molecule has 1 aromatic rings. The number of nitrogens with one attached hydrogen (secondary N) is 1. The van der Waals surface area contributed by atoms with Crippen molar-refractivity contribution < 1.29 is 14.3 Å². The Morgan fingerprint density at radius 1 is 1.56 bits per heavy atom. The summed E-state index contributed by atoms with van der Waals surface area (Å²) in [5, 5.41) is 11.9. The summed E-state index contributed by atoms with van der Waals surface area (Å²) in [7, 11) is 0. The van der Waals surface area contributed by atoms with E-state index in [4.69, 9.17) is 5.11 Å². The van der Waals surface area contributed by atoms with Crippen molar-refractivity contribution in [2.45, 2.75) is 18.4 Å². The van der Waals surface area contributed by atoms with Crippen LogP contribution >= 0.6 is 15.9 Å². The fourth-order valence-corrected chi connectivity index (χ4v) is 2.43. The molecule has 1 saturated heterocycles. The molecule has 0 bridgehead atoms. The topological polar surface area (TPSA) is 49.3 Å². The first-order valence-electron chi connectivity index (χ1n) is 5.00. The number of aliphatic carboxylic acids is 1. The summed E-state index contributed by atoms with van der Waals surface area (Å²) in [5.74, 6) is -1.57. The maximum absolute atomic E-state index is 13.7. The van der Waals surface area contributed by atoms with Crippen molar-refractivity contribution in [3.63, 3.8) is 0 Å². The van der Waals surface area contributed by atoms with Crippen LogP contribution in [0.5, 0.6) is 0 Å². The molecule has 2 rings (SSSR count). The van der Waals surface area contributed by atoms with Gasteiger partial charge in [0, 0.05) is 10.4 Å². The van der Waals surface area contributed by atoms with Gasteiger partial charge in [0.05, 0.1) is 0 Å². The van der Waals surface area contributed by atoms with Crippen LogP contribution in [0.1, 0.15) is 17.9 Å². The van der Waals surface area contributed by atoms with Crippen LogP contribution < -0.4 is 5.32 Å². The lowest BCUT2D eigenvalue weighted by Gasteiger charge is -2.16. The van der Waals surface area contributed by atoms with Gasteiger partial charge in [-0.1, -0.05) is 22.0 Å². The van der Waals surface area contributed by atoms with Gasteiger partial charge in [-0.2, -0.15) is 0 Å². The maximum Gasteiger partial charge on any atom is 0.321 e. The van der Waals surface area contributed by atoms with Crippen molar-refractivity contribution in [2.24, 2.45) is 0 Å². The molecule has 1 fully saturated rings. The molecule has 1 aromatic carbocycles. The number of hydrogen-bond acceptors (Lipinski definition) is 2. The molecule has 1 heterocycles. The fourth-order valence-electron chi connectivity index (χ4n) is 2.10. The normalized spacial score (nSPS) is 24.6. The minimum Gasteiger partial charge on any atom is -0.480 e. The quantitative estimate of drug-likeness (QED) is 0.876. The van der Waals surface area contributed by atoms with Crippen LogP contribution in [0.3, 0.4) is 0 Å². The molecule has 86 valence electrons. The van der Waals surface area contributed by atoms with Gasteiger partial charge in [-0.3, -0.25) is 4.79 Å². The first-order chi connectivity index (χ1) is 7.59. The number of halogens is 2. The summed E-state index contributed by atoms with van der Waals surface area (Å²) in [5.41, 5.74) is 0.473. The predicted molar refractivity (Wildman–Crippen MR) is 60.9 cm³/mol. The van der Waals surface area contributed by atoms with Crippen LogP contribution in [0, 0.1) is 5.82 Å². The molecule has 1 aliphatic heterocycles. The number of carboxylic acids is 1. The van der Waals surface area contributed by atoms with E-state index in [2.05, 4.69) is 21.2 Å². The number of carbonyl (C=O) groups is 1. The van der Waals surface area contributed by atoms with E-state index in [1.165, 1.54) is 6.07 Å². The van der Waals surface area contributed by atoms with E-state index in [0.29, 0.717) is 23.0 Å². The molecule has 0 amide bonds. The van der Waals surface area contributed by atoms with Gasteiger partial charge in [0.25, 0.3) is 0 Å². The van der Waals surface area contributed by atoms with Crippen LogP contribution in [-0.4, -0.2) is 23.7 Å². The van der Waals surface area contributed by atoms with Gasteiger partial charge in [0.2, 0.25) is 0 Å². The highest BCUT2D eigenvalue weighted by Gasteiger charge is 2.34. The largest absolute Gasteiger partial charge is 0.480 e. The van der Waals surface area contributed by atoms with Gasteiger partial charge in [-0.25, -0.2) is 4.39 Å². The highest BCUT2D eigenvalue weighted by Crippen LogP contribution is 2.31. The van der Waals surface area contributed by atoms with E-state index in [9.17, 15) is 9.18 Å². The van der Waals surface area contributed by atoms with Gasteiger partial charge in [-0.05, 0) is 30.7 Å². The van der Waals surface area contributed by atoms with Crippen molar-refractivity contribution in [3.8, 4) is 0 Å². The highest BCUT2D eigenvalue weighted by atomic mass is 79.9. The Kier molecular flexibility index (Phi) is 3.25. The minimum atomic E-state index is -0.926. The molecule has 0 radical (unpaired) electrons. The predicted octanol–water partition coefficient (Wildman–Crippen LogP) is 2.12. The first-order valence-corrected chi connectivity index (χ1v) is 5.80. The lowest BCUT2D eigenvalue weighted by Crippen LogP contribution is -2.34. The van der Waals surface area contributed by atoms with E-state index in [0.717, 1.165) is 0 Å². The first kappa shape index (κ1) is 11.5. The SMILES string of the molecule is O=C(O)C1NCCC1c1ccc(Br)cc1F. The fraction of sp³-hybridized carbons (Fsp3) is 0.364. The monoisotopic (exact) mass is 287 g/mol. The number of rotatable bonds is 2. The van der Waals surface area contributed by atoms with Crippen LogP contribution in [0.15, 0.2) is 22.7 Å². The molecule has 0 spiro atoms. The Morgan fingerprint density at radius 3 is 2.94 bits per heavy atom. The Labute approximate surface area is 101 Å². The smallest absolute Gasteiger partial charge is 0.321 e. The second kappa shape index (κ2) is 4.51. The van der Waals surface area contributed by atoms with Crippen LogP contribution in [0.25, 0.3) is 0 Å². The zero-order chi connectivity index (χ0) is 11.7. The molecule has 0 aromatic heterocycles. The van der Waals surface area contributed by atoms with Crippen LogP contribution in [0.4, 0.5) is 4.39 Å². The average Bonchev–Trinajstić information content (AvgIpc) is 2.66. The molecule has 0 aliphatic carbocycles. The van der Waals surface area contributed by atoms with Crippen molar-refractivity contribution in [2.75, 3.05) is 6.54 Å². The van der Waals surface area contributed by atoms with E-state index in [-0.39, 0.29) is 11.7 Å². The molecule has 2 atom stereocenters.